The average Bonchev–Trinajstić information content (AvgIpc) is 3.21. The third-order valence-electron chi connectivity index (χ3n) is 4.31. The van der Waals surface area contributed by atoms with Crippen molar-refractivity contribution in [3.8, 4) is 17.2 Å². The van der Waals surface area contributed by atoms with Crippen LogP contribution < -0.4 is 14.2 Å². The lowest BCUT2D eigenvalue weighted by Crippen LogP contribution is -2.32. The second-order valence-electron chi connectivity index (χ2n) is 6.07. The number of carbonyl (C=O) groups is 1. The van der Waals surface area contributed by atoms with Crippen molar-refractivity contribution in [2.45, 2.75) is 5.75 Å². The molecule has 2 aromatic carbocycles. The maximum Gasteiger partial charge on any atom is 0.260 e. The molecule has 0 atom stereocenters. The number of amides is 1. The van der Waals surface area contributed by atoms with Crippen LogP contribution in [0.1, 0.15) is 15.9 Å². The minimum Gasteiger partial charge on any atom is -0.493 e. The minimum atomic E-state index is -0.179. The van der Waals surface area contributed by atoms with Crippen molar-refractivity contribution < 1.29 is 19.0 Å². The van der Waals surface area contributed by atoms with E-state index in [0.717, 1.165) is 5.56 Å². The highest BCUT2D eigenvalue weighted by Crippen LogP contribution is 2.38. The second kappa shape index (κ2) is 9.61. The van der Waals surface area contributed by atoms with Crippen LogP contribution >= 0.6 is 35.0 Å². The van der Waals surface area contributed by atoms with Gasteiger partial charge in [-0.15, -0.1) is 0 Å². The lowest BCUT2D eigenvalue weighted by atomic mass is 10.1. The Bertz CT molecular complexity index is 927. The molecule has 6 nitrogen and oxygen atoms in total. The van der Waals surface area contributed by atoms with Crippen LogP contribution in [-0.2, 0) is 5.75 Å². The number of rotatable bonds is 6. The summed E-state index contributed by atoms with van der Waals surface area (Å²) in [6, 6.07) is 8.77. The van der Waals surface area contributed by atoms with Crippen molar-refractivity contribution in [2.24, 2.45) is 4.99 Å². The SMILES string of the molecule is COc1cc(C(=O)N2CCN=C2SCc2ccc(Cl)c(Cl)c2)cc(OC)c1OC. The normalized spacial score (nSPS) is 13.3. The molecule has 29 heavy (non-hydrogen) atoms. The molecule has 0 aromatic heterocycles. The van der Waals surface area contributed by atoms with Crippen molar-refractivity contribution in [1.29, 1.82) is 0 Å². The van der Waals surface area contributed by atoms with Gasteiger partial charge in [0.15, 0.2) is 16.7 Å². The molecule has 0 fully saturated rings. The van der Waals surface area contributed by atoms with E-state index < -0.39 is 0 Å². The van der Waals surface area contributed by atoms with Gasteiger partial charge in [0.05, 0.1) is 37.9 Å². The number of amidine groups is 1. The summed E-state index contributed by atoms with van der Waals surface area (Å²) in [5, 5.41) is 1.68. The van der Waals surface area contributed by atoms with Crippen LogP contribution in [0.2, 0.25) is 10.0 Å². The molecule has 1 heterocycles. The quantitative estimate of drug-likeness (QED) is 0.629. The Kier molecular flexibility index (Phi) is 7.16. The lowest BCUT2D eigenvalue weighted by Gasteiger charge is -2.20. The van der Waals surface area contributed by atoms with Gasteiger partial charge >= 0.3 is 0 Å². The molecule has 3 rings (SSSR count). The number of hydrogen-bond donors (Lipinski definition) is 0. The fourth-order valence-corrected chi connectivity index (χ4v) is 4.18. The summed E-state index contributed by atoms with van der Waals surface area (Å²) in [6.07, 6.45) is 0. The molecule has 0 unspecified atom stereocenters. The number of hydrogen-bond acceptors (Lipinski definition) is 6. The zero-order chi connectivity index (χ0) is 21.0. The molecule has 0 saturated heterocycles. The van der Waals surface area contributed by atoms with Gasteiger partial charge in [-0.05, 0) is 29.8 Å². The van der Waals surface area contributed by atoms with Gasteiger partial charge in [-0.1, -0.05) is 41.0 Å². The fourth-order valence-electron chi connectivity index (χ4n) is 2.88. The van der Waals surface area contributed by atoms with Gasteiger partial charge in [0.25, 0.3) is 5.91 Å². The molecule has 1 aliphatic rings. The molecule has 154 valence electrons. The van der Waals surface area contributed by atoms with E-state index in [0.29, 0.717) is 56.9 Å². The Labute approximate surface area is 183 Å². The Morgan fingerprint density at radius 3 is 2.34 bits per heavy atom. The van der Waals surface area contributed by atoms with E-state index in [-0.39, 0.29) is 5.91 Å². The molecular formula is C20H20Cl2N2O4S. The van der Waals surface area contributed by atoms with Crippen LogP contribution in [-0.4, -0.2) is 50.4 Å². The van der Waals surface area contributed by atoms with Crippen LogP contribution in [0.25, 0.3) is 0 Å². The summed E-state index contributed by atoms with van der Waals surface area (Å²) in [6.45, 7) is 1.07. The molecule has 0 spiro atoms. The smallest absolute Gasteiger partial charge is 0.260 e. The molecule has 9 heteroatoms. The van der Waals surface area contributed by atoms with Crippen LogP contribution in [0.15, 0.2) is 35.3 Å². The van der Waals surface area contributed by atoms with Crippen LogP contribution in [0.3, 0.4) is 0 Å². The monoisotopic (exact) mass is 454 g/mol. The number of benzene rings is 2. The predicted octanol–water partition coefficient (Wildman–Crippen LogP) is 4.76. The lowest BCUT2D eigenvalue weighted by molar-refractivity contribution is 0.0860. The van der Waals surface area contributed by atoms with Gasteiger partial charge in [-0.25, -0.2) is 0 Å². The zero-order valence-corrected chi connectivity index (χ0v) is 18.5. The van der Waals surface area contributed by atoms with E-state index in [9.17, 15) is 4.79 Å². The Morgan fingerprint density at radius 1 is 1.07 bits per heavy atom. The third-order valence-corrected chi connectivity index (χ3v) is 6.13. The molecule has 1 amide bonds. The number of halogens is 2. The maximum absolute atomic E-state index is 13.1. The van der Waals surface area contributed by atoms with E-state index in [1.165, 1.54) is 33.1 Å². The maximum atomic E-state index is 13.1. The highest BCUT2D eigenvalue weighted by atomic mass is 35.5. The highest BCUT2D eigenvalue weighted by Gasteiger charge is 2.27. The first kappa shape index (κ1) is 21.6. The molecule has 2 aromatic rings. The Morgan fingerprint density at radius 2 is 1.76 bits per heavy atom. The van der Waals surface area contributed by atoms with Gasteiger partial charge in [0.1, 0.15) is 0 Å². The second-order valence-corrected chi connectivity index (χ2v) is 7.83. The number of carbonyl (C=O) groups excluding carboxylic acids is 1. The number of ether oxygens (including phenoxy) is 3. The summed E-state index contributed by atoms with van der Waals surface area (Å²) >= 11 is 13.5. The molecule has 0 saturated carbocycles. The molecule has 0 N–H and O–H groups in total. The average molecular weight is 455 g/mol. The minimum absolute atomic E-state index is 0.179. The van der Waals surface area contributed by atoms with Crippen molar-refractivity contribution in [3.05, 3.63) is 51.5 Å². The van der Waals surface area contributed by atoms with Gasteiger partial charge in [-0.3, -0.25) is 14.7 Å². The van der Waals surface area contributed by atoms with Crippen LogP contribution in [0, 0.1) is 0 Å². The molecule has 0 radical (unpaired) electrons. The summed E-state index contributed by atoms with van der Waals surface area (Å²) < 4.78 is 16.0. The molecule has 0 bridgehead atoms. The highest BCUT2D eigenvalue weighted by molar-refractivity contribution is 8.13. The summed E-state index contributed by atoms with van der Waals surface area (Å²) in [5.41, 5.74) is 1.43. The molecule has 1 aliphatic heterocycles. The van der Waals surface area contributed by atoms with E-state index in [4.69, 9.17) is 37.4 Å². The van der Waals surface area contributed by atoms with E-state index in [1.54, 1.807) is 23.1 Å². The van der Waals surface area contributed by atoms with Crippen LogP contribution in [0.5, 0.6) is 17.2 Å². The van der Waals surface area contributed by atoms with Gasteiger partial charge < -0.3 is 14.2 Å². The van der Waals surface area contributed by atoms with Crippen molar-refractivity contribution in [2.75, 3.05) is 34.4 Å². The Hall–Kier alpha value is -2.09. The first-order valence-electron chi connectivity index (χ1n) is 8.71. The predicted molar refractivity (Wildman–Crippen MR) is 117 cm³/mol. The molecular weight excluding hydrogens is 435 g/mol. The number of thioether (sulfide) groups is 1. The first-order chi connectivity index (χ1) is 14.0. The zero-order valence-electron chi connectivity index (χ0n) is 16.2. The summed E-state index contributed by atoms with van der Waals surface area (Å²) in [5.74, 6) is 1.74. The summed E-state index contributed by atoms with van der Waals surface area (Å²) in [4.78, 5) is 19.3. The van der Waals surface area contributed by atoms with Crippen molar-refractivity contribution in [3.63, 3.8) is 0 Å². The first-order valence-corrected chi connectivity index (χ1v) is 10.5. The largest absolute Gasteiger partial charge is 0.493 e. The van der Waals surface area contributed by atoms with Crippen LogP contribution in [0.4, 0.5) is 0 Å². The fraction of sp³-hybridized carbons (Fsp3) is 0.300. The number of aliphatic imine (C=N–C) groups is 1. The third kappa shape index (κ3) is 4.74. The number of methoxy groups -OCH3 is 3. The van der Waals surface area contributed by atoms with Gasteiger partial charge in [0.2, 0.25) is 5.75 Å². The standard InChI is InChI=1S/C20H20Cl2N2O4S/c1-26-16-9-13(10-17(27-2)18(16)28-3)19(25)24-7-6-23-20(24)29-11-12-4-5-14(21)15(22)8-12/h4-5,8-10H,6-7,11H2,1-3H3. The van der Waals surface area contributed by atoms with E-state index in [1.807, 2.05) is 12.1 Å². The van der Waals surface area contributed by atoms with E-state index >= 15 is 0 Å². The van der Waals surface area contributed by atoms with Gasteiger partial charge in [-0.2, -0.15) is 0 Å². The molecule has 0 aliphatic carbocycles. The number of nitrogens with zero attached hydrogens (tertiary/aromatic N) is 2. The summed E-state index contributed by atoms with van der Waals surface area (Å²) in [7, 11) is 4.55. The topological polar surface area (TPSA) is 60.4 Å². The van der Waals surface area contributed by atoms with Gasteiger partial charge in [0, 0.05) is 17.9 Å². The van der Waals surface area contributed by atoms with Crippen molar-refractivity contribution in [1.82, 2.24) is 4.90 Å². The Balaban J connectivity index is 1.78. The van der Waals surface area contributed by atoms with E-state index in [2.05, 4.69) is 4.99 Å². The van der Waals surface area contributed by atoms with Crippen molar-refractivity contribution >= 4 is 46.0 Å².